The predicted octanol–water partition coefficient (Wildman–Crippen LogP) is 4.88. The molecule has 5 nitrogen and oxygen atoms in total. The van der Waals surface area contributed by atoms with Crippen LogP contribution in [0, 0.1) is 23.1 Å². The van der Waals surface area contributed by atoms with Gasteiger partial charge >= 0.3 is 0 Å². The molecule has 4 saturated carbocycles. The highest BCUT2D eigenvalue weighted by Gasteiger charge is 2.61. The van der Waals surface area contributed by atoms with Crippen molar-refractivity contribution in [3.8, 4) is 0 Å². The van der Waals surface area contributed by atoms with Crippen LogP contribution in [-0.4, -0.2) is 20.7 Å². The van der Waals surface area contributed by atoms with Crippen molar-refractivity contribution < 1.29 is 9.18 Å². The number of anilines is 1. The van der Waals surface area contributed by atoms with E-state index in [1.165, 1.54) is 12.5 Å². The van der Waals surface area contributed by atoms with Gasteiger partial charge in [0.05, 0.1) is 16.6 Å². The average Bonchev–Trinajstić information content (AvgIpc) is 3.03. The minimum absolute atomic E-state index is 0.0543. The van der Waals surface area contributed by atoms with E-state index in [2.05, 4.69) is 47.3 Å². The number of carbonyl (C=O) groups excluding carboxylic acids is 1. The van der Waals surface area contributed by atoms with Gasteiger partial charge in [0.25, 0.3) is 0 Å². The minimum atomic E-state index is -0.456. The highest BCUT2D eigenvalue weighted by molar-refractivity contribution is 9.10. The van der Waals surface area contributed by atoms with Crippen LogP contribution in [0.2, 0.25) is 0 Å². The van der Waals surface area contributed by atoms with Gasteiger partial charge in [0.2, 0.25) is 10.6 Å². The van der Waals surface area contributed by atoms with E-state index < -0.39 is 11.2 Å². The van der Waals surface area contributed by atoms with Gasteiger partial charge in [-0.1, -0.05) is 15.9 Å². The molecule has 6 rings (SSSR count). The normalized spacial score (nSPS) is 34.0. The van der Waals surface area contributed by atoms with E-state index in [1.54, 1.807) is 18.5 Å². The van der Waals surface area contributed by atoms with E-state index in [9.17, 15) is 9.18 Å². The predicted molar refractivity (Wildman–Crippen MR) is 106 cm³/mol. The average molecular weight is 498 g/mol. The van der Waals surface area contributed by atoms with E-state index in [4.69, 9.17) is 0 Å². The van der Waals surface area contributed by atoms with Crippen LogP contribution in [0.4, 0.5) is 10.1 Å². The Morgan fingerprint density at radius 1 is 1.22 bits per heavy atom. The first-order valence-corrected chi connectivity index (χ1v) is 10.8. The van der Waals surface area contributed by atoms with E-state index in [-0.39, 0.29) is 17.1 Å². The maximum absolute atomic E-state index is 14.3. The summed E-state index contributed by atoms with van der Waals surface area (Å²) >= 11 is 6.60. The molecule has 1 N–H and O–H groups in total. The quantitative estimate of drug-likeness (QED) is 0.657. The largest absolute Gasteiger partial charge is 0.323 e. The Labute approximate surface area is 173 Å². The van der Waals surface area contributed by atoms with Gasteiger partial charge in [-0.2, -0.15) is 0 Å². The number of carbonyl (C=O) groups is 1. The van der Waals surface area contributed by atoms with Crippen LogP contribution >= 0.6 is 31.9 Å². The highest BCUT2D eigenvalue weighted by atomic mass is 79.9. The fourth-order valence-corrected chi connectivity index (χ4v) is 6.66. The molecule has 1 heterocycles. The second kappa shape index (κ2) is 6.11. The lowest BCUT2D eigenvalue weighted by Gasteiger charge is -2.60. The maximum atomic E-state index is 14.3. The number of nitrogens with zero attached hydrogens (tertiary/aromatic N) is 3. The van der Waals surface area contributed by atoms with E-state index in [0.29, 0.717) is 21.0 Å². The van der Waals surface area contributed by atoms with Crippen LogP contribution in [0.5, 0.6) is 0 Å². The van der Waals surface area contributed by atoms with Crippen LogP contribution in [0.3, 0.4) is 0 Å². The van der Waals surface area contributed by atoms with Crippen molar-refractivity contribution in [2.75, 3.05) is 5.32 Å². The number of amides is 1. The summed E-state index contributed by atoms with van der Waals surface area (Å²) in [6.45, 7) is 0. The molecule has 0 unspecified atom stereocenters. The Morgan fingerprint density at radius 3 is 2.59 bits per heavy atom. The Balaban J connectivity index is 1.47. The summed E-state index contributed by atoms with van der Waals surface area (Å²) < 4.78 is 17.5. The topological polar surface area (TPSA) is 59.8 Å². The zero-order valence-corrected chi connectivity index (χ0v) is 17.8. The zero-order valence-electron chi connectivity index (χ0n) is 14.6. The lowest BCUT2D eigenvalue weighted by atomic mass is 9.46. The lowest BCUT2D eigenvalue weighted by Crippen LogP contribution is -2.60. The van der Waals surface area contributed by atoms with Gasteiger partial charge < -0.3 is 5.32 Å². The van der Waals surface area contributed by atoms with Gasteiger partial charge in [0.1, 0.15) is 12.1 Å². The molecule has 0 radical (unpaired) electrons. The van der Waals surface area contributed by atoms with Crippen LogP contribution in [0.1, 0.15) is 38.5 Å². The molecule has 4 aliphatic rings. The zero-order chi connectivity index (χ0) is 18.8. The first kappa shape index (κ1) is 17.8. The second-order valence-electron chi connectivity index (χ2n) is 8.50. The molecular formula is C19H19Br2FN4O. The number of hydrogen-bond donors (Lipinski definition) is 1. The summed E-state index contributed by atoms with van der Waals surface area (Å²) in [5.74, 6) is 0.545. The SMILES string of the molecule is O=C(Nc1ccc(Br)cc1F)C12C[C@@H]3C[C@@H](C1)CC(n1cnc(Br)n1)(C3)C2. The van der Waals surface area contributed by atoms with Crippen molar-refractivity contribution in [2.45, 2.75) is 44.1 Å². The lowest BCUT2D eigenvalue weighted by molar-refractivity contribution is -0.150. The second-order valence-corrected chi connectivity index (χ2v) is 10.1. The third kappa shape index (κ3) is 2.87. The number of hydrogen-bond acceptors (Lipinski definition) is 3. The highest BCUT2D eigenvalue weighted by Crippen LogP contribution is 2.64. The van der Waals surface area contributed by atoms with E-state index >= 15 is 0 Å². The molecular weight excluding hydrogens is 479 g/mol. The number of aromatic nitrogens is 3. The summed E-state index contributed by atoms with van der Waals surface area (Å²) in [5, 5.41) is 7.40. The van der Waals surface area contributed by atoms with Crippen LogP contribution in [0.25, 0.3) is 0 Å². The Bertz CT molecular complexity index is 916. The molecule has 0 aliphatic heterocycles. The van der Waals surface area contributed by atoms with Gasteiger partial charge in [-0.25, -0.2) is 14.1 Å². The standard InChI is InChI=1S/C19H19Br2FN4O/c20-13-1-2-15(14(22)4-13)24-16(27)18-5-11-3-12(6-18)8-19(7-11,9-18)26-10-23-17(21)25-26/h1-2,4,10-12H,3,5-9H2,(H,24,27)/t11-,12-,18?,19?/m0/s1. The Morgan fingerprint density at radius 2 is 1.96 bits per heavy atom. The van der Waals surface area contributed by atoms with Gasteiger partial charge in [-0.05, 0) is 84.5 Å². The van der Waals surface area contributed by atoms with Gasteiger partial charge in [0, 0.05) is 4.47 Å². The molecule has 1 aromatic carbocycles. The van der Waals surface area contributed by atoms with Crippen molar-refractivity contribution in [2.24, 2.45) is 17.3 Å². The summed E-state index contributed by atoms with van der Waals surface area (Å²) in [4.78, 5) is 17.6. The van der Waals surface area contributed by atoms with Crippen molar-refractivity contribution >= 4 is 43.5 Å². The monoisotopic (exact) mass is 496 g/mol. The molecule has 1 amide bonds. The molecule has 2 aromatic rings. The fraction of sp³-hybridized carbons (Fsp3) is 0.526. The third-order valence-corrected chi connectivity index (χ3v) is 7.50. The van der Waals surface area contributed by atoms with Crippen molar-refractivity contribution in [3.63, 3.8) is 0 Å². The van der Waals surface area contributed by atoms with Crippen LogP contribution in [-0.2, 0) is 10.3 Å². The maximum Gasteiger partial charge on any atom is 0.230 e. The van der Waals surface area contributed by atoms with Crippen molar-refractivity contribution in [1.29, 1.82) is 0 Å². The third-order valence-electron chi connectivity index (χ3n) is 6.64. The number of rotatable bonds is 3. The number of nitrogens with one attached hydrogen (secondary N) is 1. The molecule has 8 heteroatoms. The molecule has 142 valence electrons. The fourth-order valence-electron chi connectivity index (χ4n) is 6.07. The van der Waals surface area contributed by atoms with Gasteiger partial charge in [-0.15, -0.1) is 5.10 Å². The first-order chi connectivity index (χ1) is 12.9. The van der Waals surface area contributed by atoms with Crippen LogP contribution in [0.15, 0.2) is 33.7 Å². The summed E-state index contributed by atoms with van der Waals surface area (Å²) in [5.41, 5.74) is -0.364. The molecule has 27 heavy (non-hydrogen) atoms. The minimum Gasteiger partial charge on any atom is -0.323 e. The van der Waals surface area contributed by atoms with Crippen molar-refractivity contribution in [1.82, 2.24) is 14.8 Å². The van der Waals surface area contributed by atoms with Crippen molar-refractivity contribution in [3.05, 3.63) is 39.6 Å². The molecule has 4 fully saturated rings. The summed E-state index contributed by atoms with van der Waals surface area (Å²) in [6, 6.07) is 4.73. The molecule has 2 atom stereocenters. The summed E-state index contributed by atoms with van der Waals surface area (Å²) in [6.07, 6.45) is 7.54. The molecule has 4 aliphatic carbocycles. The van der Waals surface area contributed by atoms with E-state index in [1.807, 2.05) is 4.68 Å². The molecule has 4 bridgehead atoms. The molecule has 0 saturated heterocycles. The van der Waals surface area contributed by atoms with Gasteiger partial charge in [0.15, 0.2) is 0 Å². The Hall–Kier alpha value is -1.28. The van der Waals surface area contributed by atoms with E-state index in [0.717, 1.165) is 32.1 Å². The molecule has 0 spiro atoms. The number of benzene rings is 1. The van der Waals surface area contributed by atoms with Gasteiger partial charge in [-0.3, -0.25) is 4.79 Å². The number of halogens is 3. The Kier molecular flexibility index (Phi) is 4.03. The van der Waals surface area contributed by atoms with Crippen LogP contribution < -0.4 is 5.32 Å². The first-order valence-electron chi connectivity index (χ1n) is 9.22. The summed E-state index contributed by atoms with van der Waals surface area (Å²) in [7, 11) is 0. The molecule has 1 aromatic heterocycles. The smallest absolute Gasteiger partial charge is 0.230 e.